The maximum atomic E-state index is 10.7. The Morgan fingerprint density at radius 3 is 2.30 bits per heavy atom. The van der Waals surface area contributed by atoms with Crippen LogP contribution >= 0.6 is 0 Å². The normalized spacial score (nSPS) is 10.9. The molecule has 0 aliphatic heterocycles. The fourth-order valence-corrected chi connectivity index (χ4v) is 0.394. The predicted octanol–water partition coefficient (Wildman–Crippen LogP) is 1.21. The average molecular weight is 139 g/mol. The van der Waals surface area contributed by atoms with Crippen LogP contribution in [0.1, 0.15) is 6.92 Å². The van der Waals surface area contributed by atoms with Gasteiger partial charge in [-0.2, -0.15) is 0 Å². The summed E-state index contributed by atoms with van der Waals surface area (Å²) in [5, 5.41) is 0. The van der Waals surface area contributed by atoms with Crippen molar-refractivity contribution in [3.63, 3.8) is 0 Å². The summed E-state index contributed by atoms with van der Waals surface area (Å²) >= 11 is 0. The van der Waals surface area contributed by atoms with Gasteiger partial charge in [0.15, 0.2) is 5.78 Å². The monoisotopic (exact) mass is 139 g/mol. The first-order chi connectivity index (χ1) is 4.57. The molecule has 0 aromatic heterocycles. The Morgan fingerprint density at radius 1 is 1.50 bits per heavy atom. The summed E-state index contributed by atoms with van der Waals surface area (Å²) in [7, 11) is 3.78. The van der Waals surface area contributed by atoms with Gasteiger partial charge in [0.1, 0.15) is 0 Å². The van der Waals surface area contributed by atoms with Gasteiger partial charge in [-0.25, -0.2) is 0 Å². The third-order valence-corrected chi connectivity index (χ3v) is 1.26. The first-order valence-corrected chi connectivity index (χ1v) is 3.10. The van der Waals surface area contributed by atoms with Crippen molar-refractivity contribution in [1.29, 1.82) is 0 Å². The van der Waals surface area contributed by atoms with Gasteiger partial charge in [-0.05, 0) is 13.0 Å². The number of ketones is 1. The van der Waals surface area contributed by atoms with E-state index in [4.69, 9.17) is 0 Å². The van der Waals surface area contributed by atoms with Gasteiger partial charge in [0.25, 0.3) is 0 Å². The van der Waals surface area contributed by atoms with E-state index >= 15 is 0 Å². The van der Waals surface area contributed by atoms with Crippen molar-refractivity contribution in [2.24, 2.45) is 0 Å². The lowest BCUT2D eigenvalue weighted by atomic mass is 10.3. The van der Waals surface area contributed by atoms with Crippen LogP contribution in [0, 0.1) is 0 Å². The number of carbonyl (C=O) groups excluding carboxylic acids is 1. The Bertz CT molecular complexity index is 168. The van der Waals surface area contributed by atoms with Crippen LogP contribution in [0.25, 0.3) is 0 Å². The van der Waals surface area contributed by atoms with Crippen molar-refractivity contribution >= 4 is 5.78 Å². The third kappa shape index (κ3) is 3.07. The van der Waals surface area contributed by atoms with E-state index in [0.717, 1.165) is 5.70 Å². The molecule has 0 radical (unpaired) electrons. The number of hydrogen-bond acceptors (Lipinski definition) is 2. The SMILES string of the molecule is C=CC(=O)/C=C(\C)N(C)C. The van der Waals surface area contributed by atoms with Crippen LogP contribution in [0.3, 0.4) is 0 Å². The molecule has 0 aromatic carbocycles. The lowest BCUT2D eigenvalue weighted by molar-refractivity contribution is -0.110. The maximum Gasteiger partial charge on any atom is 0.179 e. The fraction of sp³-hybridized carbons (Fsp3) is 0.375. The van der Waals surface area contributed by atoms with Crippen molar-refractivity contribution in [3.05, 3.63) is 24.4 Å². The summed E-state index contributed by atoms with van der Waals surface area (Å²) < 4.78 is 0. The molecule has 0 saturated heterocycles. The van der Waals surface area contributed by atoms with E-state index in [1.54, 1.807) is 6.08 Å². The van der Waals surface area contributed by atoms with E-state index in [-0.39, 0.29) is 5.78 Å². The van der Waals surface area contributed by atoms with Crippen molar-refractivity contribution in [2.75, 3.05) is 14.1 Å². The number of carbonyl (C=O) groups is 1. The molecule has 0 heterocycles. The molecular formula is C8H13NO. The van der Waals surface area contributed by atoms with Crippen LogP contribution in [0.2, 0.25) is 0 Å². The minimum atomic E-state index is -0.0498. The second-order valence-electron chi connectivity index (χ2n) is 2.29. The van der Waals surface area contributed by atoms with Crippen LogP contribution in [0.5, 0.6) is 0 Å². The van der Waals surface area contributed by atoms with Gasteiger partial charge in [0, 0.05) is 25.9 Å². The molecule has 0 rings (SSSR count). The van der Waals surface area contributed by atoms with Crippen LogP contribution in [-0.2, 0) is 4.79 Å². The first kappa shape index (κ1) is 8.95. The minimum Gasteiger partial charge on any atom is -0.381 e. The first-order valence-electron chi connectivity index (χ1n) is 3.10. The molecule has 0 aromatic rings. The summed E-state index contributed by atoms with van der Waals surface area (Å²) in [5.41, 5.74) is 0.935. The van der Waals surface area contributed by atoms with Gasteiger partial charge >= 0.3 is 0 Å². The molecule has 0 fully saturated rings. The molecule has 0 amide bonds. The Morgan fingerprint density at radius 2 is 2.00 bits per heavy atom. The molecule has 0 spiro atoms. The van der Waals surface area contributed by atoms with Crippen LogP contribution in [0.15, 0.2) is 24.4 Å². The second-order valence-corrected chi connectivity index (χ2v) is 2.29. The number of rotatable bonds is 3. The zero-order chi connectivity index (χ0) is 8.15. The molecule has 10 heavy (non-hydrogen) atoms. The molecule has 0 unspecified atom stereocenters. The zero-order valence-corrected chi connectivity index (χ0v) is 6.72. The molecular weight excluding hydrogens is 126 g/mol. The lowest BCUT2D eigenvalue weighted by Gasteiger charge is -2.10. The predicted molar refractivity (Wildman–Crippen MR) is 42.6 cm³/mol. The van der Waals surface area contributed by atoms with Gasteiger partial charge in [0.05, 0.1) is 0 Å². The summed E-state index contributed by atoms with van der Waals surface area (Å²) in [6, 6.07) is 0. The van der Waals surface area contributed by atoms with Gasteiger partial charge in [-0.15, -0.1) is 0 Å². The van der Waals surface area contributed by atoms with E-state index in [0.29, 0.717) is 0 Å². The number of hydrogen-bond donors (Lipinski definition) is 0. The van der Waals surface area contributed by atoms with Gasteiger partial charge in [-0.1, -0.05) is 6.58 Å². The van der Waals surface area contributed by atoms with E-state index in [1.807, 2.05) is 25.9 Å². The molecule has 0 N–H and O–H groups in total. The highest BCUT2D eigenvalue weighted by molar-refractivity contribution is 5.99. The van der Waals surface area contributed by atoms with Crippen molar-refractivity contribution in [3.8, 4) is 0 Å². The number of allylic oxidation sites excluding steroid dienone is 3. The van der Waals surface area contributed by atoms with Gasteiger partial charge < -0.3 is 4.90 Å². The molecule has 0 atom stereocenters. The van der Waals surface area contributed by atoms with Crippen LogP contribution in [-0.4, -0.2) is 24.8 Å². The van der Waals surface area contributed by atoms with E-state index < -0.39 is 0 Å². The Balaban J connectivity index is 4.16. The quantitative estimate of drug-likeness (QED) is 0.548. The third-order valence-electron chi connectivity index (χ3n) is 1.26. The molecule has 0 aliphatic rings. The summed E-state index contributed by atoms with van der Waals surface area (Å²) in [5.74, 6) is -0.0498. The maximum absolute atomic E-state index is 10.7. The molecule has 0 saturated carbocycles. The zero-order valence-electron chi connectivity index (χ0n) is 6.72. The highest BCUT2D eigenvalue weighted by atomic mass is 16.1. The minimum absolute atomic E-state index is 0.0498. The van der Waals surface area contributed by atoms with E-state index in [1.165, 1.54) is 6.08 Å². The van der Waals surface area contributed by atoms with E-state index in [9.17, 15) is 4.79 Å². The van der Waals surface area contributed by atoms with Gasteiger partial charge in [-0.3, -0.25) is 4.79 Å². The Labute approximate surface area is 61.8 Å². The molecule has 0 bridgehead atoms. The highest BCUT2D eigenvalue weighted by Gasteiger charge is 1.93. The summed E-state index contributed by atoms with van der Waals surface area (Å²) in [4.78, 5) is 12.6. The Kier molecular flexibility index (Phi) is 3.47. The molecule has 56 valence electrons. The van der Waals surface area contributed by atoms with Crippen molar-refractivity contribution in [1.82, 2.24) is 4.90 Å². The summed E-state index contributed by atoms with van der Waals surface area (Å²) in [6.45, 7) is 5.24. The average Bonchev–Trinajstić information content (AvgIpc) is 1.87. The Hall–Kier alpha value is -1.05. The largest absolute Gasteiger partial charge is 0.381 e. The lowest BCUT2D eigenvalue weighted by Crippen LogP contribution is -2.09. The van der Waals surface area contributed by atoms with Crippen LogP contribution in [0.4, 0.5) is 0 Å². The number of nitrogens with zero attached hydrogens (tertiary/aromatic N) is 1. The topological polar surface area (TPSA) is 20.3 Å². The molecule has 0 aliphatic carbocycles. The molecule has 2 nitrogen and oxygen atoms in total. The van der Waals surface area contributed by atoms with Crippen molar-refractivity contribution < 1.29 is 4.79 Å². The second kappa shape index (κ2) is 3.88. The summed E-state index contributed by atoms with van der Waals surface area (Å²) in [6.07, 6.45) is 2.85. The highest BCUT2D eigenvalue weighted by Crippen LogP contribution is 1.95. The van der Waals surface area contributed by atoms with Gasteiger partial charge in [0.2, 0.25) is 0 Å². The van der Waals surface area contributed by atoms with Crippen molar-refractivity contribution in [2.45, 2.75) is 6.92 Å². The smallest absolute Gasteiger partial charge is 0.179 e. The fourth-order valence-electron chi connectivity index (χ4n) is 0.394. The van der Waals surface area contributed by atoms with E-state index in [2.05, 4.69) is 6.58 Å². The standard InChI is InChI=1S/C8H13NO/c1-5-8(10)6-7(2)9(3)4/h5-6H,1H2,2-4H3/b7-6+. The van der Waals surface area contributed by atoms with Crippen LogP contribution < -0.4 is 0 Å². The molecule has 2 heteroatoms.